The molecule has 84 valence electrons. The predicted molar refractivity (Wildman–Crippen MR) is 69.7 cm³/mol. The van der Waals surface area contributed by atoms with Crippen molar-refractivity contribution in [3.8, 4) is 16.3 Å². The van der Waals surface area contributed by atoms with Crippen molar-refractivity contribution in [2.75, 3.05) is 0 Å². The normalized spacial score (nSPS) is 10.6. The Labute approximate surface area is 107 Å². The second kappa shape index (κ2) is 4.31. The Kier molecular flexibility index (Phi) is 2.66. The zero-order valence-electron chi connectivity index (χ0n) is 8.75. The third-order valence-corrected chi connectivity index (χ3v) is 3.39. The maximum absolute atomic E-state index is 5.86. The van der Waals surface area contributed by atoms with E-state index in [4.69, 9.17) is 11.6 Å². The number of hydrogen-bond acceptors (Lipinski definition) is 3. The summed E-state index contributed by atoms with van der Waals surface area (Å²) in [7, 11) is 0. The van der Waals surface area contributed by atoms with Crippen LogP contribution in [0.2, 0.25) is 5.02 Å². The van der Waals surface area contributed by atoms with E-state index in [2.05, 4.69) is 10.1 Å². The van der Waals surface area contributed by atoms with Crippen LogP contribution in [0.4, 0.5) is 0 Å². The maximum atomic E-state index is 5.86. The number of rotatable bonds is 2. The van der Waals surface area contributed by atoms with Crippen molar-refractivity contribution in [2.45, 2.75) is 0 Å². The summed E-state index contributed by atoms with van der Waals surface area (Å²) in [5, 5.41) is 7.82. The highest BCUT2D eigenvalue weighted by Gasteiger charge is 2.04. The van der Waals surface area contributed by atoms with Crippen LogP contribution in [0.3, 0.4) is 0 Å². The van der Waals surface area contributed by atoms with E-state index in [-0.39, 0.29) is 0 Å². The van der Waals surface area contributed by atoms with Gasteiger partial charge in [0.05, 0.1) is 6.20 Å². The first-order valence-electron chi connectivity index (χ1n) is 5.03. The highest BCUT2D eigenvalue weighted by Crippen LogP contribution is 2.22. The first kappa shape index (κ1) is 10.5. The van der Waals surface area contributed by atoms with Crippen molar-refractivity contribution in [3.63, 3.8) is 0 Å². The molecule has 0 atom stereocenters. The summed E-state index contributed by atoms with van der Waals surface area (Å²) in [4.78, 5) is 4.21. The van der Waals surface area contributed by atoms with E-state index in [1.807, 2.05) is 42.0 Å². The molecule has 0 spiro atoms. The minimum Gasteiger partial charge on any atom is -0.227 e. The minimum atomic E-state index is 0.737. The SMILES string of the molecule is Clc1ccc(-c2cnn(-c3nccs3)c2)cc1. The first-order chi connectivity index (χ1) is 8.33. The van der Waals surface area contributed by atoms with E-state index in [0.717, 1.165) is 21.3 Å². The van der Waals surface area contributed by atoms with E-state index in [9.17, 15) is 0 Å². The van der Waals surface area contributed by atoms with E-state index in [0.29, 0.717) is 0 Å². The Hall–Kier alpha value is -1.65. The summed E-state index contributed by atoms with van der Waals surface area (Å²) in [6, 6.07) is 7.70. The summed E-state index contributed by atoms with van der Waals surface area (Å²) in [5.41, 5.74) is 2.15. The molecule has 0 aliphatic rings. The lowest BCUT2D eigenvalue weighted by Crippen LogP contribution is -1.91. The van der Waals surface area contributed by atoms with Gasteiger partial charge in [-0.25, -0.2) is 9.67 Å². The molecule has 0 bridgehead atoms. The molecule has 0 saturated heterocycles. The molecule has 3 nitrogen and oxygen atoms in total. The summed E-state index contributed by atoms with van der Waals surface area (Å²) in [5.74, 6) is 0. The number of thiazole rings is 1. The van der Waals surface area contributed by atoms with E-state index < -0.39 is 0 Å². The van der Waals surface area contributed by atoms with Gasteiger partial charge in [-0.1, -0.05) is 23.7 Å². The van der Waals surface area contributed by atoms with Crippen LogP contribution in [0.1, 0.15) is 0 Å². The molecule has 0 saturated carbocycles. The van der Waals surface area contributed by atoms with Gasteiger partial charge in [-0.3, -0.25) is 0 Å². The topological polar surface area (TPSA) is 30.7 Å². The second-order valence-corrected chi connectivity index (χ2v) is 4.80. The van der Waals surface area contributed by atoms with Crippen LogP contribution in [-0.4, -0.2) is 14.8 Å². The summed E-state index contributed by atoms with van der Waals surface area (Å²) >= 11 is 7.41. The van der Waals surface area contributed by atoms with E-state index in [1.165, 1.54) is 0 Å². The van der Waals surface area contributed by atoms with Gasteiger partial charge in [-0.2, -0.15) is 5.10 Å². The molecule has 0 amide bonds. The van der Waals surface area contributed by atoms with Crippen molar-refractivity contribution in [1.82, 2.24) is 14.8 Å². The molecule has 0 fully saturated rings. The Morgan fingerprint density at radius 3 is 2.65 bits per heavy atom. The van der Waals surface area contributed by atoms with Gasteiger partial charge < -0.3 is 0 Å². The fourth-order valence-electron chi connectivity index (χ4n) is 1.55. The second-order valence-electron chi connectivity index (χ2n) is 3.50. The highest BCUT2D eigenvalue weighted by atomic mass is 35.5. The molecule has 1 aromatic carbocycles. The standard InChI is InChI=1S/C12H8ClN3S/c13-11-3-1-9(2-4-11)10-7-15-16(8-10)12-14-5-6-17-12/h1-8H. The van der Waals surface area contributed by atoms with Crippen molar-refractivity contribution in [3.05, 3.63) is 53.3 Å². The van der Waals surface area contributed by atoms with Crippen LogP contribution in [0.15, 0.2) is 48.2 Å². The third kappa shape index (κ3) is 2.09. The molecule has 3 rings (SSSR count). The van der Waals surface area contributed by atoms with Crippen molar-refractivity contribution in [2.24, 2.45) is 0 Å². The molecular weight excluding hydrogens is 254 g/mol. The predicted octanol–water partition coefficient (Wildman–Crippen LogP) is 3.65. The molecule has 0 radical (unpaired) electrons. The lowest BCUT2D eigenvalue weighted by molar-refractivity contribution is 0.870. The fourth-order valence-corrected chi connectivity index (χ4v) is 2.25. The van der Waals surface area contributed by atoms with Crippen LogP contribution in [0.5, 0.6) is 0 Å². The van der Waals surface area contributed by atoms with Gasteiger partial charge in [-0.15, -0.1) is 11.3 Å². The molecule has 0 unspecified atom stereocenters. The lowest BCUT2D eigenvalue weighted by atomic mass is 10.1. The average molecular weight is 262 g/mol. The summed E-state index contributed by atoms with van der Waals surface area (Å²) in [6.07, 6.45) is 5.55. The Morgan fingerprint density at radius 1 is 1.12 bits per heavy atom. The summed E-state index contributed by atoms with van der Waals surface area (Å²) < 4.78 is 1.77. The molecule has 17 heavy (non-hydrogen) atoms. The van der Waals surface area contributed by atoms with Gasteiger partial charge in [0, 0.05) is 28.4 Å². The molecule has 5 heteroatoms. The van der Waals surface area contributed by atoms with Gasteiger partial charge in [0.2, 0.25) is 5.13 Å². The fraction of sp³-hybridized carbons (Fsp3) is 0. The van der Waals surface area contributed by atoms with Gasteiger partial charge in [0.25, 0.3) is 0 Å². The maximum Gasteiger partial charge on any atom is 0.210 e. The number of benzene rings is 1. The molecule has 3 aromatic rings. The van der Waals surface area contributed by atoms with E-state index >= 15 is 0 Å². The highest BCUT2D eigenvalue weighted by molar-refractivity contribution is 7.12. The molecule has 0 aliphatic heterocycles. The molecule has 2 heterocycles. The zero-order chi connectivity index (χ0) is 11.7. The van der Waals surface area contributed by atoms with Crippen LogP contribution in [0.25, 0.3) is 16.3 Å². The van der Waals surface area contributed by atoms with Crippen molar-refractivity contribution >= 4 is 22.9 Å². The molecule has 0 aliphatic carbocycles. The smallest absolute Gasteiger partial charge is 0.210 e. The summed E-state index contributed by atoms with van der Waals surface area (Å²) in [6.45, 7) is 0. The zero-order valence-corrected chi connectivity index (χ0v) is 10.3. The van der Waals surface area contributed by atoms with Crippen LogP contribution >= 0.6 is 22.9 Å². The Morgan fingerprint density at radius 2 is 1.94 bits per heavy atom. The van der Waals surface area contributed by atoms with Crippen molar-refractivity contribution in [1.29, 1.82) is 0 Å². The average Bonchev–Trinajstić information content (AvgIpc) is 3.00. The van der Waals surface area contributed by atoms with Crippen molar-refractivity contribution < 1.29 is 0 Å². The number of aromatic nitrogens is 3. The van der Waals surface area contributed by atoms with Gasteiger partial charge in [0.1, 0.15) is 0 Å². The molecule has 2 aromatic heterocycles. The Balaban J connectivity index is 1.98. The molecular formula is C12H8ClN3S. The van der Waals surface area contributed by atoms with Gasteiger partial charge in [-0.05, 0) is 17.7 Å². The minimum absolute atomic E-state index is 0.737. The first-order valence-corrected chi connectivity index (χ1v) is 6.29. The van der Waals surface area contributed by atoms with Crippen LogP contribution < -0.4 is 0 Å². The molecule has 0 N–H and O–H groups in total. The largest absolute Gasteiger partial charge is 0.227 e. The van der Waals surface area contributed by atoms with Crippen LogP contribution in [0, 0.1) is 0 Å². The Bertz CT molecular complexity index is 614. The number of halogens is 1. The lowest BCUT2D eigenvalue weighted by Gasteiger charge is -1.96. The number of nitrogens with zero attached hydrogens (tertiary/aromatic N) is 3. The van der Waals surface area contributed by atoms with Crippen LogP contribution in [-0.2, 0) is 0 Å². The van der Waals surface area contributed by atoms with E-state index in [1.54, 1.807) is 22.2 Å². The monoisotopic (exact) mass is 261 g/mol. The van der Waals surface area contributed by atoms with Gasteiger partial charge in [0.15, 0.2) is 0 Å². The third-order valence-electron chi connectivity index (χ3n) is 2.38. The van der Waals surface area contributed by atoms with Gasteiger partial charge >= 0.3 is 0 Å². The number of hydrogen-bond donors (Lipinski definition) is 0. The quantitative estimate of drug-likeness (QED) is 0.705.